The Morgan fingerprint density at radius 3 is 2.72 bits per heavy atom. The summed E-state index contributed by atoms with van der Waals surface area (Å²) < 4.78 is 13.5. The van der Waals surface area contributed by atoms with Gasteiger partial charge >= 0.3 is 12.0 Å². The Labute approximate surface area is 101 Å². The van der Waals surface area contributed by atoms with Crippen LogP contribution in [-0.2, 0) is 11.3 Å². The number of rotatable bonds is 3. The average Bonchev–Trinajstić information content (AvgIpc) is 2.63. The third-order valence-electron chi connectivity index (χ3n) is 2.56. The molecule has 18 heavy (non-hydrogen) atoms. The highest BCUT2D eigenvalue weighted by atomic mass is 19.1. The van der Waals surface area contributed by atoms with Crippen LogP contribution in [0.4, 0.5) is 9.18 Å². The van der Waals surface area contributed by atoms with E-state index in [0.717, 1.165) is 23.1 Å². The maximum atomic E-state index is 13.5. The van der Waals surface area contributed by atoms with E-state index in [9.17, 15) is 18.8 Å². The zero-order valence-electron chi connectivity index (χ0n) is 9.14. The minimum atomic E-state index is -1.20. The minimum absolute atomic E-state index is 0.0136. The van der Waals surface area contributed by atoms with E-state index < -0.39 is 23.7 Å². The SMILES string of the molecule is O=C(O)c1ccc(F)c(CN2C(=O)CNC2=O)c1. The smallest absolute Gasteiger partial charge is 0.335 e. The maximum Gasteiger partial charge on any atom is 0.335 e. The van der Waals surface area contributed by atoms with E-state index in [4.69, 9.17) is 5.11 Å². The van der Waals surface area contributed by atoms with Crippen molar-refractivity contribution in [3.8, 4) is 0 Å². The Kier molecular flexibility index (Phi) is 2.97. The number of imide groups is 1. The zero-order valence-corrected chi connectivity index (χ0v) is 9.14. The van der Waals surface area contributed by atoms with Crippen LogP contribution in [0.2, 0.25) is 0 Å². The molecule has 1 saturated heterocycles. The predicted octanol–water partition coefficient (Wildman–Crippen LogP) is 0.576. The minimum Gasteiger partial charge on any atom is -0.478 e. The molecule has 3 amide bonds. The van der Waals surface area contributed by atoms with Gasteiger partial charge in [-0.15, -0.1) is 0 Å². The van der Waals surface area contributed by atoms with Gasteiger partial charge in [0.05, 0.1) is 18.7 Å². The van der Waals surface area contributed by atoms with E-state index in [0.29, 0.717) is 0 Å². The van der Waals surface area contributed by atoms with Gasteiger partial charge in [-0.05, 0) is 18.2 Å². The summed E-state index contributed by atoms with van der Waals surface area (Å²) in [6.45, 7) is -0.406. The van der Waals surface area contributed by atoms with Gasteiger partial charge in [0.15, 0.2) is 0 Å². The largest absolute Gasteiger partial charge is 0.478 e. The first-order chi connectivity index (χ1) is 8.49. The molecule has 0 unspecified atom stereocenters. The van der Waals surface area contributed by atoms with E-state index in [1.54, 1.807) is 0 Å². The van der Waals surface area contributed by atoms with Crippen molar-refractivity contribution in [3.63, 3.8) is 0 Å². The van der Waals surface area contributed by atoms with Gasteiger partial charge in [0.25, 0.3) is 0 Å². The number of nitrogens with one attached hydrogen (secondary N) is 1. The van der Waals surface area contributed by atoms with Crippen LogP contribution in [0.15, 0.2) is 18.2 Å². The Bertz CT molecular complexity index is 528. The molecule has 6 nitrogen and oxygen atoms in total. The first-order valence-corrected chi connectivity index (χ1v) is 5.09. The van der Waals surface area contributed by atoms with Crippen LogP contribution in [0, 0.1) is 5.82 Å². The Morgan fingerprint density at radius 2 is 2.17 bits per heavy atom. The predicted molar refractivity (Wildman–Crippen MR) is 57.3 cm³/mol. The highest BCUT2D eigenvalue weighted by Crippen LogP contribution is 2.15. The van der Waals surface area contributed by atoms with Crippen molar-refractivity contribution in [1.82, 2.24) is 10.2 Å². The van der Waals surface area contributed by atoms with E-state index in [1.165, 1.54) is 0 Å². The lowest BCUT2D eigenvalue weighted by Gasteiger charge is -2.13. The molecule has 0 bridgehead atoms. The van der Waals surface area contributed by atoms with Crippen LogP contribution in [-0.4, -0.2) is 34.5 Å². The molecule has 0 spiro atoms. The van der Waals surface area contributed by atoms with Crippen molar-refractivity contribution in [2.75, 3.05) is 6.54 Å². The number of carboxylic acid groups (broad SMARTS) is 1. The number of hydrogen-bond donors (Lipinski definition) is 2. The van der Waals surface area contributed by atoms with Crippen molar-refractivity contribution in [1.29, 1.82) is 0 Å². The molecular weight excluding hydrogens is 243 g/mol. The average molecular weight is 252 g/mol. The maximum absolute atomic E-state index is 13.5. The molecule has 94 valence electrons. The van der Waals surface area contributed by atoms with Gasteiger partial charge in [0.1, 0.15) is 5.82 Å². The molecular formula is C11H9FN2O4. The molecule has 1 aliphatic heterocycles. The van der Waals surface area contributed by atoms with Gasteiger partial charge in [-0.25, -0.2) is 14.0 Å². The van der Waals surface area contributed by atoms with Gasteiger partial charge in [0, 0.05) is 5.56 Å². The number of aromatic carboxylic acids is 1. The molecule has 1 aromatic carbocycles. The number of urea groups is 1. The number of amides is 3. The van der Waals surface area contributed by atoms with Gasteiger partial charge in [-0.1, -0.05) is 0 Å². The fraction of sp³-hybridized carbons (Fsp3) is 0.182. The van der Waals surface area contributed by atoms with Gasteiger partial charge in [-0.3, -0.25) is 9.69 Å². The summed E-state index contributed by atoms with van der Waals surface area (Å²) in [6, 6.07) is 2.61. The second-order valence-electron chi connectivity index (χ2n) is 3.75. The van der Waals surface area contributed by atoms with Crippen LogP contribution in [0.1, 0.15) is 15.9 Å². The molecule has 1 aliphatic rings. The number of hydrogen-bond acceptors (Lipinski definition) is 3. The normalized spacial score (nSPS) is 14.8. The molecule has 0 aromatic heterocycles. The first-order valence-electron chi connectivity index (χ1n) is 5.09. The van der Waals surface area contributed by atoms with Crippen LogP contribution in [0.5, 0.6) is 0 Å². The Morgan fingerprint density at radius 1 is 1.44 bits per heavy atom. The Balaban J connectivity index is 2.28. The molecule has 2 N–H and O–H groups in total. The fourth-order valence-corrected chi connectivity index (χ4v) is 1.61. The third-order valence-corrected chi connectivity index (χ3v) is 2.56. The molecule has 0 atom stereocenters. The summed E-state index contributed by atoms with van der Waals surface area (Å²) in [6.07, 6.45) is 0. The van der Waals surface area contributed by atoms with E-state index >= 15 is 0 Å². The van der Waals surface area contributed by atoms with Gasteiger partial charge in [0.2, 0.25) is 5.91 Å². The highest BCUT2D eigenvalue weighted by molar-refractivity contribution is 6.01. The van der Waals surface area contributed by atoms with Gasteiger partial charge in [-0.2, -0.15) is 0 Å². The summed E-state index contributed by atoms with van der Waals surface area (Å²) >= 11 is 0. The Hall–Kier alpha value is -2.44. The standard InChI is InChI=1S/C11H9FN2O4/c12-8-2-1-6(10(16)17)3-7(8)5-14-9(15)4-13-11(14)18/h1-3H,4-5H2,(H,13,18)(H,16,17). The summed E-state index contributed by atoms with van der Waals surface area (Å²) in [7, 11) is 0. The summed E-state index contributed by atoms with van der Waals surface area (Å²) in [5.41, 5.74) is -0.112. The van der Waals surface area contributed by atoms with E-state index in [2.05, 4.69) is 5.32 Å². The molecule has 2 rings (SSSR count). The molecule has 1 aromatic rings. The number of carboxylic acids is 1. The number of carbonyl (C=O) groups is 3. The molecule has 1 heterocycles. The van der Waals surface area contributed by atoms with Crippen molar-refractivity contribution < 1.29 is 23.9 Å². The number of benzene rings is 1. The lowest BCUT2D eigenvalue weighted by atomic mass is 10.1. The molecule has 0 aliphatic carbocycles. The first kappa shape index (κ1) is 12.0. The number of halogens is 1. The highest BCUT2D eigenvalue weighted by Gasteiger charge is 2.29. The second kappa shape index (κ2) is 4.44. The van der Waals surface area contributed by atoms with Gasteiger partial charge < -0.3 is 10.4 Å². The van der Waals surface area contributed by atoms with Crippen molar-refractivity contribution in [3.05, 3.63) is 35.1 Å². The number of nitrogens with zero attached hydrogens (tertiary/aromatic N) is 1. The molecule has 1 fully saturated rings. The topological polar surface area (TPSA) is 86.7 Å². The molecule has 0 saturated carbocycles. The van der Waals surface area contributed by atoms with Crippen LogP contribution < -0.4 is 5.32 Å². The monoisotopic (exact) mass is 252 g/mol. The fourth-order valence-electron chi connectivity index (χ4n) is 1.61. The summed E-state index contributed by atoms with van der Waals surface area (Å²) in [5.74, 6) is -2.33. The van der Waals surface area contributed by atoms with Crippen molar-refractivity contribution in [2.24, 2.45) is 0 Å². The third kappa shape index (κ3) is 2.15. The van der Waals surface area contributed by atoms with Crippen molar-refractivity contribution in [2.45, 2.75) is 6.54 Å². The van der Waals surface area contributed by atoms with Crippen LogP contribution in [0.3, 0.4) is 0 Å². The quantitative estimate of drug-likeness (QED) is 0.770. The molecule has 0 radical (unpaired) electrons. The number of carbonyl (C=O) groups excluding carboxylic acids is 2. The zero-order chi connectivity index (χ0) is 13.3. The van der Waals surface area contributed by atoms with E-state index in [-0.39, 0.29) is 24.2 Å². The van der Waals surface area contributed by atoms with Crippen molar-refractivity contribution >= 4 is 17.9 Å². The lowest BCUT2D eigenvalue weighted by Crippen LogP contribution is -2.30. The molecule has 7 heteroatoms. The van der Waals surface area contributed by atoms with Crippen LogP contribution in [0.25, 0.3) is 0 Å². The summed E-state index contributed by atoms with van der Waals surface area (Å²) in [5, 5.41) is 11.1. The summed E-state index contributed by atoms with van der Waals surface area (Å²) in [4.78, 5) is 34.2. The second-order valence-corrected chi connectivity index (χ2v) is 3.75. The van der Waals surface area contributed by atoms with E-state index in [1.807, 2.05) is 0 Å². The lowest BCUT2D eigenvalue weighted by molar-refractivity contribution is -0.125. The van der Waals surface area contributed by atoms with Crippen LogP contribution >= 0.6 is 0 Å².